The molecule has 0 spiro atoms. The van der Waals surface area contributed by atoms with Gasteiger partial charge in [-0.3, -0.25) is 14.7 Å². The molecule has 0 saturated carbocycles. The Morgan fingerprint density at radius 2 is 1.30 bits per heavy atom. The summed E-state index contributed by atoms with van der Waals surface area (Å²) < 4.78 is 13.5. The molecule has 1 amide bonds. The SMILES string of the molecule is O=C(NCc1ccccc1-c1ccc([C@@H]2O[C@H](CN(Cc3ccccc3)Cc3ccccc3)C[C@H](c3ccc(CO)cc3)O2)cc1)c1cnc2ccccc2n1. The van der Waals surface area contributed by atoms with Gasteiger partial charge in [0.1, 0.15) is 5.69 Å². The van der Waals surface area contributed by atoms with Crippen molar-refractivity contribution in [1.29, 1.82) is 0 Å². The van der Waals surface area contributed by atoms with Gasteiger partial charge in [0, 0.05) is 38.2 Å². The van der Waals surface area contributed by atoms with Crippen LogP contribution >= 0.6 is 0 Å². The summed E-state index contributed by atoms with van der Waals surface area (Å²) in [4.78, 5) is 24.5. The standard InChI is InChI=1S/C48H44N4O4/c53-33-36-19-21-38(22-20-36)46-27-41(32-52(30-34-11-3-1-4-12-34)31-35-13-5-2-6-14-35)55-48(56-46)39-25-23-37(24-26-39)42-16-8-7-15-40(42)28-50-47(54)45-29-49-43-17-9-10-18-44(43)51-45/h1-26,29,41,46,48,53H,27-28,30-33H2,(H,50,54)/t41-,46+,48+/m0/s1. The first-order chi connectivity index (χ1) is 27.6. The summed E-state index contributed by atoms with van der Waals surface area (Å²) in [5, 5.41) is 12.7. The third-order valence-corrected chi connectivity index (χ3v) is 10.2. The number of fused-ring (bicyclic) bond motifs is 1. The van der Waals surface area contributed by atoms with Crippen LogP contribution in [-0.4, -0.2) is 38.5 Å². The zero-order valence-electron chi connectivity index (χ0n) is 31.1. The minimum atomic E-state index is -0.585. The fourth-order valence-electron chi connectivity index (χ4n) is 7.30. The average molecular weight is 741 g/mol. The number of aliphatic hydroxyl groups is 1. The van der Waals surface area contributed by atoms with Crippen molar-refractivity contribution in [3.05, 3.63) is 203 Å². The lowest BCUT2D eigenvalue weighted by molar-refractivity contribution is -0.253. The maximum Gasteiger partial charge on any atom is 0.271 e. The van der Waals surface area contributed by atoms with E-state index in [0.29, 0.717) is 18.5 Å². The molecule has 1 fully saturated rings. The number of para-hydroxylation sites is 2. The number of rotatable bonds is 13. The second-order valence-electron chi connectivity index (χ2n) is 14.2. The van der Waals surface area contributed by atoms with E-state index in [1.165, 1.54) is 17.3 Å². The zero-order chi connectivity index (χ0) is 38.1. The highest BCUT2D eigenvalue weighted by molar-refractivity contribution is 5.93. The van der Waals surface area contributed by atoms with E-state index in [1.54, 1.807) is 0 Å². The van der Waals surface area contributed by atoms with E-state index in [-0.39, 0.29) is 30.4 Å². The third kappa shape index (κ3) is 9.08. The van der Waals surface area contributed by atoms with E-state index in [1.807, 2.05) is 66.7 Å². The van der Waals surface area contributed by atoms with E-state index < -0.39 is 6.29 Å². The number of hydrogen-bond donors (Lipinski definition) is 2. The predicted molar refractivity (Wildman–Crippen MR) is 218 cm³/mol. The topological polar surface area (TPSA) is 96.8 Å². The van der Waals surface area contributed by atoms with Gasteiger partial charge in [-0.25, -0.2) is 4.98 Å². The first-order valence-electron chi connectivity index (χ1n) is 19.1. The molecular formula is C48H44N4O4. The third-order valence-electron chi connectivity index (χ3n) is 10.2. The Morgan fingerprint density at radius 3 is 2.00 bits per heavy atom. The van der Waals surface area contributed by atoms with Gasteiger partial charge in [-0.15, -0.1) is 0 Å². The summed E-state index contributed by atoms with van der Waals surface area (Å²) in [6.45, 7) is 2.63. The number of hydrogen-bond acceptors (Lipinski definition) is 7. The van der Waals surface area contributed by atoms with E-state index in [4.69, 9.17) is 9.47 Å². The lowest BCUT2D eigenvalue weighted by Crippen LogP contribution is -2.39. The molecule has 0 radical (unpaired) electrons. The Labute approximate surface area is 327 Å². The molecule has 2 N–H and O–H groups in total. The lowest BCUT2D eigenvalue weighted by atomic mass is 9.97. The first kappa shape index (κ1) is 36.9. The Bertz CT molecular complexity index is 2310. The van der Waals surface area contributed by atoms with E-state index >= 15 is 0 Å². The fraction of sp³-hybridized carbons (Fsp3) is 0.188. The van der Waals surface area contributed by atoms with Crippen molar-refractivity contribution in [3.63, 3.8) is 0 Å². The summed E-state index contributed by atoms with van der Waals surface area (Å²) in [5.41, 5.74) is 10.1. The Kier molecular flexibility index (Phi) is 11.6. The van der Waals surface area contributed by atoms with E-state index in [0.717, 1.165) is 58.5 Å². The van der Waals surface area contributed by atoms with Crippen LogP contribution in [0.4, 0.5) is 0 Å². The second kappa shape index (κ2) is 17.6. The summed E-state index contributed by atoms with van der Waals surface area (Å²) in [7, 11) is 0. The number of nitrogens with one attached hydrogen (secondary N) is 1. The van der Waals surface area contributed by atoms with Crippen LogP contribution in [0.1, 0.15) is 62.7 Å². The molecule has 1 saturated heterocycles. The van der Waals surface area contributed by atoms with Gasteiger partial charge >= 0.3 is 0 Å². The number of carbonyl (C=O) groups excluding carboxylic acids is 1. The van der Waals surface area contributed by atoms with Crippen molar-refractivity contribution in [2.24, 2.45) is 0 Å². The highest BCUT2D eigenvalue weighted by Crippen LogP contribution is 2.39. The predicted octanol–water partition coefficient (Wildman–Crippen LogP) is 8.97. The van der Waals surface area contributed by atoms with Gasteiger partial charge in [0.2, 0.25) is 0 Å². The summed E-state index contributed by atoms with van der Waals surface area (Å²) >= 11 is 0. The molecule has 1 aromatic heterocycles. The highest BCUT2D eigenvalue weighted by Gasteiger charge is 2.33. The van der Waals surface area contributed by atoms with Crippen molar-refractivity contribution in [2.75, 3.05) is 6.54 Å². The molecule has 0 aliphatic carbocycles. The van der Waals surface area contributed by atoms with Gasteiger partial charge in [-0.05, 0) is 51.1 Å². The van der Waals surface area contributed by atoms with Crippen molar-refractivity contribution >= 4 is 16.9 Å². The number of ether oxygens (including phenoxy) is 2. The van der Waals surface area contributed by atoms with Gasteiger partial charge in [-0.2, -0.15) is 0 Å². The molecule has 3 atom stereocenters. The molecule has 280 valence electrons. The van der Waals surface area contributed by atoms with Crippen LogP contribution in [0.2, 0.25) is 0 Å². The number of nitrogens with zero attached hydrogens (tertiary/aromatic N) is 3. The minimum absolute atomic E-state index is 0.00488. The molecule has 2 heterocycles. The van der Waals surface area contributed by atoms with Gasteiger partial charge in [0.25, 0.3) is 5.91 Å². The maximum atomic E-state index is 13.1. The largest absolute Gasteiger partial charge is 0.392 e. The fourth-order valence-corrected chi connectivity index (χ4v) is 7.30. The normalized spacial score (nSPS) is 16.9. The molecule has 1 aliphatic rings. The second-order valence-corrected chi connectivity index (χ2v) is 14.2. The van der Waals surface area contributed by atoms with Crippen molar-refractivity contribution in [2.45, 2.75) is 51.2 Å². The number of amides is 1. The van der Waals surface area contributed by atoms with E-state index in [2.05, 4.69) is 111 Å². The van der Waals surface area contributed by atoms with Crippen molar-refractivity contribution in [1.82, 2.24) is 20.2 Å². The molecule has 1 aliphatic heterocycles. The Hall–Kier alpha value is -6.03. The van der Waals surface area contributed by atoms with Crippen LogP contribution in [0.15, 0.2) is 164 Å². The van der Waals surface area contributed by atoms with Crippen molar-refractivity contribution < 1.29 is 19.4 Å². The van der Waals surface area contributed by atoms with E-state index in [9.17, 15) is 9.90 Å². The highest BCUT2D eigenvalue weighted by atomic mass is 16.7. The molecular weight excluding hydrogens is 697 g/mol. The maximum absolute atomic E-state index is 13.1. The van der Waals surface area contributed by atoms with Crippen LogP contribution in [0.3, 0.4) is 0 Å². The number of aromatic nitrogens is 2. The van der Waals surface area contributed by atoms with Crippen LogP contribution in [-0.2, 0) is 35.7 Å². The molecule has 8 nitrogen and oxygen atoms in total. The number of benzene rings is 6. The first-order valence-corrected chi connectivity index (χ1v) is 19.1. The lowest BCUT2D eigenvalue weighted by Gasteiger charge is -2.38. The number of carbonyl (C=O) groups is 1. The monoisotopic (exact) mass is 740 g/mol. The van der Waals surface area contributed by atoms with Gasteiger partial charge in [0.15, 0.2) is 6.29 Å². The van der Waals surface area contributed by atoms with Gasteiger partial charge in [-0.1, -0.05) is 146 Å². The van der Waals surface area contributed by atoms with Gasteiger partial charge < -0.3 is 19.9 Å². The molecule has 0 bridgehead atoms. The summed E-state index contributed by atoms with van der Waals surface area (Å²) in [5.74, 6) is -0.277. The quantitative estimate of drug-likeness (QED) is 0.122. The van der Waals surface area contributed by atoms with Crippen molar-refractivity contribution in [3.8, 4) is 11.1 Å². The molecule has 8 heteroatoms. The summed E-state index contributed by atoms with van der Waals surface area (Å²) in [6, 6.07) is 53.0. The molecule has 7 aromatic rings. The van der Waals surface area contributed by atoms with Crippen LogP contribution in [0, 0.1) is 0 Å². The average Bonchev–Trinajstić information content (AvgIpc) is 3.26. The smallest absolute Gasteiger partial charge is 0.271 e. The Balaban J connectivity index is 1.01. The van der Waals surface area contributed by atoms with Crippen LogP contribution in [0.5, 0.6) is 0 Å². The van der Waals surface area contributed by atoms with Crippen LogP contribution < -0.4 is 5.32 Å². The van der Waals surface area contributed by atoms with Crippen LogP contribution in [0.25, 0.3) is 22.2 Å². The molecule has 6 aromatic carbocycles. The zero-order valence-corrected chi connectivity index (χ0v) is 31.1. The minimum Gasteiger partial charge on any atom is -0.392 e. The summed E-state index contributed by atoms with van der Waals surface area (Å²) in [6.07, 6.45) is 1.31. The van der Waals surface area contributed by atoms with Gasteiger partial charge in [0.05, 0.1) is 36.0 Å². The molecule has 0 unspecified atom stereocenters. The molecule has 8 rings (SSSR count). The Morgan fingerprint density at radius 1 is 0.679 bits per heavy atom. The molecule has 56 heavy (non-hydrogen) atoms. The number of aliphatic hydroxyl groups excluding tert-OH is 1.